The molecular weight excluding hydrogens is 859 g/mol. The van der Waals surface area contributed by atoms with Crippen LogP contribution in [-0.4, -0.2) is 46.1 Å². The highest BCUT2D eigenvalue weighted by molar-refractivity contribution is 5.76. The van der Waals surface area contributed by atoms with Gasteiger partial charge in [-0.1, -0.05) is 326 Å². The van der Waals surface area contributed by atoms with Gasteiger partial charge < -0.3 is 20.6 Å². The number of aliphatic hydroxyl groups is 3. The fourth-order valence-corrected chi connectivity index (χ4v) is 10.1. The van der Waals surface area contributed by atoms with Gasteiger partial charge in [0.15, 0.2) is 0 Å². The maximum Gasteiger partial charge on any atom is 0.222 e. The lowest BCUT2D eigenvalue weighted by Crippen LogP contribution is -2.45. The summed E-state index contributed by atoms with van der Waals surface area (Å²) >= 11 is 0. The summed E-state index contributed by atoms with van der Waals surface area (Å²) < 4.78 is 0. The minimum atomic E-state index is -0.930. The Kier molecular flexibility index (Phi) is 58.9. The molecule has 3 unspecified atom stereocenters. The molecule has 0 spiro atoms. The van der Waals surface area contributed by atoms with Crippen molar-refractivity contribution in [3.63, 3.8) is 0 Å². The minimum absolute atomic E-state index is 0.0156. The van der Waals surface area contributed by atoms with Crippen molar-refractivity contribution < 1.29 is 20.1 Å². The first-order valence-electron chi connectivity index (χ1n) is 31.8. The van der Waals surface area contributed by atoms with Gasteiger partial charge in [-0.3, -0.25) is 4.79 Å². The second-order valence-corrected chi connectivity index (χ2v) is 22.0. The number of carbonyl (C=O) groups excluding carboxylic acids is 1. The zero-order valence-electron chi connectivity index (χ0n) is 47.4. The average Bonchev–Trinajstić information content (AvgIpc) is 3.36. The van der Waals surface area contributed by atoms with Crippen molar-refractivity contribution in [1.29, 1.82) is 0 Å². The van der Waals surface area contributed by atoms with E-state index >= 15 is 0 Å². The van der Waals surface area contributed by atoms with Crippen molar-refractivity contribution in [3.8, 4) is 0 Å². The normalized spacial score (nSPS) is 13.4. The summed E-state index contributed by atoms with van der Waals surface area (Å²) in [5.74, 6) is -0.310. The Morgan fingerprint density at radius 1 is 0.371 bits per heavy atom. The van der Waals surface area contributed by atoms with Crippen molar-refractivity contribution in [2.75, 3.05) is 6.61 Å². The fraction of sp³-hybridized carbons (Fsp3) is 0.892. The van der Waals surface area contributed by atoms with E-state index in [4.69, 9.17) is 0 Å². The lowest BCUT2D eigenvalue weighted by molar-refractivity contribution is -0.124. The quantitative estimate of drug-likeness (QED) is 0.0361. The maximum absolute atomic E-state index is 12.6. The molecule has 0 saturated heterocycles. The molecule has 0 aromatic heterocycles. The van der Waals surface area contributed by atoms with Gasteiger partial charge in [0.1, 0.15) is 0 Å². The third-order valence-electron chi connectivity index (χ3n) is 14.9. The van der Waals surface area contributed by atoms with Crippen molar-refractivity contribution in [1.82, 2.24) is 5.32 Å². The molecule has 414 valence electrons. The Morgan fingerprint density at radius 3 is 0.943 bits per heavy atom. The van der Waals surface area contributed by atoms with Crippen LogP contribution >= 0.6 is 0 Å². The smallest absolute Gasteiger partial charge is 0.222 e. The third kappa shape index (κ3) is 55.9. The van der Waals surface area contributed by atoms with Crippen LogP contribution in [0, 0.1) is 0 Å². The monoisotopic (exact) mass is 984 g/mol. The highest BCUT2D eigenvalue weighted by atomic mass is 16.3. The van der Waals surface area contributed by atoms with E-state index in [2.05, 4.69) is 43.5 Å². The van der Waals surface area contributed by atoms with Crippen molar-refractivity contribution in [3.05, 3.63) is 36.5 Å². The summed E-state index contributed by atoms with van der Waals surface area (Å²) in [4.78, 5) is 12.6. The molecule has 0 rings (SSSR count). The molecule has 0 heterocycles. The number of amides is 1. The van der Waals surface area contributed by atoms with Gasteiger partial charge in [-0.25, -0.2) is 0 Å². The van der Waals surface area contributed by atoms with Gasteiger partial charge in [0.25, 0.3) is 0 Å². The van der Waals surface area contributed by atoms with Crippen LogP contribution in [0.5, 0.6) is 0 Å². The fourth-order valence-electron chi connectivity index (χ4n) is 10.1. The third-order valence-corrected chi connectivity index (χ3v) is 14.9. The van der Waals surface area contributed by atoms with Crippen LogP contribution in [0.15, 0.2) is 36.5 Å². The summed E-state index contributed by atoms with van der Waals surface area (Å²) in [5, 5.41) is 33.6. The first kappa shape index (κ1) is 68.6. The highest BCUT2D eigenvalue weighted by Crippen LogP contribution is 2.18. The number of nitrogens with one attached hydrogen (secondary N) is 1. The van der Waals surface area contributed by atoms with Crippen LogP contribution in [-0.2, 0) is 4.79 Å². The molecule has 0 fully saturated rings. The predicted octanol–water partition coefficient (Wildman–Crippen LogP) is 20.2. The summed E-state index contributed by atoms with van der Waals surface area (Å²) in [7, 11) is 0. The van der Waals surface area contributed by atoms with E-state index in [1.54, 1.807) is 6.08 Å². The number of hydrogen-bond donors (Lipinski definition) is 4. The van der Waals surface area contributed by atoms with Gasteiger partial charge in [-0.05, 0) is 51.4 Å². The lowest BCUT2D eigenvalue weighted by atomic mass is 10.0. The molecule has 0 aromatic rings. The van der Waals surface area contributed by atoms with Crippen LogP contribution < -0.4 is 5.32 Å². The number of hydrogen-bond acceptors (Lipinski definition) is 4. The standard InChI is InChI=1S/C65H125NO4/c1-3-5-7-9-11-13-15-17-19-21-23-25-27-28-29-30-31-32-33-34-35-36-37-38-40-42-44-46-48-50-52-54-56-58-62(68)60-65(70)66-63(61-67)64(69)59-57-55-53-51-49-47-45-43-41-39-26-24-22-20-18-16-14-12-10-8-6-4-2/h27-28,30-31,57,59,62-64,67-69H,3-26,29,32-56,58,60-61H2,1-2H3,(H,66,70)/b28-27-,31-30-,59-57+. The highest BCUT2D eigenvalue weighted by Gasteiger charge is 2.20. The second kappa shape index (κ2) is 60.1. The Bertz CT molecular complexity index is 1090. The molecule has 0 aliphatic rings. The minimum Gasteiger partial charge on any atom is -0.394 e. The number of carbonyl (C=O) groups is 1. The van der Waals surface area contributed by atoms with Gasteiger partial charge in [-0.15, -0.1) is 0 Å². The van der Waals surface area contributed by atoms with Gasteiger partial charge >= 0.3 is 0 Å². The zero-order valence-corrected chi connectivity index (χ0v) is 47.4. The molecular formula is C65H125NO4. The molecule has 5 heteroatoms. The van der Waals surface area contributed by atoms with Gasteiger partial charge in [-0.2, -0.15) is 0 Å². The Balaban J connectivity index is 3.52. The number of unbranched alkanes of at least 4 members (excludes halogenated alkanes) is 46. The summed E-state index contributed by atoms with van der Waals surface area (Å²) in [6, 6.07) is -0.745. The Labute approximate surface area is 438 Å². The van der Waals surface area contributed by atoms with Crippen molar-refractivity contribution in [2.45, 2.75) is 366 Å². The van der Waals surface area contributed by atoms with E-state index < -0.39 is 18.2 Å². The summed E-state index contributed by atoms with van der Waals surface area (Å²) in [5.41, 5.74) is 0. The molecule has 3 atom stereocenters. The van der Waals surface area contributed by atoms with Crippen LogP contribution in [0.4, 0.5) is 0 Å². The molecule has 0 aromatic carbocycles. The first-order valence-corrected chi connectivity index (χ1v) is 31.8. The van der Waals surface area contributed by atoms with E-state index in [0.717, 1.165) is 32.1 Å². The molecule has 0 radical (unpaired) electrons. The first-order chi connectivity index (χ1) is 34.5. The largest absolute Gasteiger partial charge is 0.394 e. The van der Waals surface area contributed by atoms with Gasteiger partial charge in [0.2, 0.25) is 5.91 Å². The molecule has 5 nitrogen and oxygen atoms in total. The summed E-state index contributed by atoms with van der Waals surface area (Å²) in [6.45, 7) is 4.26. The van der Waals surface area contributed by atoms with E-state index in [9.17, 15) is 20.1 Å². The number of rotatable bonds is 59. The van der Waals surface area contributed by atoms with Crippen LogP contribution in [0.1, 0.15) is 348 Å². The van der Waals surface area contributed by atoms with Crippen molar-refractivity contribution >= 4 is 5.91 Å². The van der Waals surface area contributed by atoms with E-state index in [0.29, 0.717) is 6.42 Å². The summed E-state index contributed by atoms with van der Waals surface area (Å²) in [6.07, 6.45) is 79.4. The van der Waals surface area contributed by atoms with E-state index in [1.807, 2.05) is 6.08 Å². The second-order valence-electron chi connectivity index (χ2n) is 22.0. The SMILES string of the molecule is CCCCCCCCCCCCC/C=C\C/C=C\CCCCCCCCCCCCCCCCCC(O)CC(=O)NC(CO)C(O)/C=C/CCCCCCCCCCCCCCCCCCCCCC. The zero-order chi connectivity index (χ0) is 50.7. The van der Waals surface area contributed by atoms with E-state index in [1.165, 1.54) is 289 Å². The molecule has 4 N–H and O–H groups in total. The Hall–Kier alpha value is -1.43. The van der Waals surface area contributed by atoms with Gasteiger partial charge in [0, 0.05) is 0 Å². The number of aliphatic hydroxyl groups excluding tert-OH is 3. The maximum atomic E-state index is 12.6. The van der Waals surface area contributed by atoms with Crippen molar-refractivity contribution in [2.24, 2.45) is 0 Å². The molecule has 0 saturated carbocycles. The average molecular weight is 985 g/mol. The molecule has 0 aliphatic heterocycles. The lowest BCUT2D eigenvalue weighted by Gasteiger charge is -2.21. The molecule has 1 amide bonds. The topological polar surface area (TPSA) is 89.8 Å². The molecule has 0 aliphatic carbocycles. The number of allylic oxidation sites excluding steroid dienone is 5. The van der Waals surface area contributed by atoms with E-state index in [-0.39, 0.29) is 18.9 Å². The molecule has 70 heavy (non-hydrogen) atoms. The molecule has 0 bridgehead atoms. The van der Waals surface area contributed by atoms with Crippen LogP contribution in [0.25, 0.3) is 0 Å². The van der Waals surface area contributed by atoms with Gasteiger partial charge in [0.05, 0.1) is 31.3 Å². The van der Waals surface area contributed by atoms with Crippen LogP contribution in [0.3, 0.4) is 0 Å². The predicted molar refractivity (Wildman–Crippen MR) is 310 cm³/mol. The van der Waals surface area contributed by atoms with Crippen LogP contribution in [0.2, 0.25) is 0 Å². The Morgan fingerprint density at radius 2 is 0.643 bits per heavy atom.